The molecule has 1 aromatic heterocycles. The van der Waals surface area contributed by atoms with Crippen LogP contribution in [0.3, 0.4) is 0 Å². The third kappa shape index (κ3) is 5.94. The van der Waals surface area contributed by atoms with E-state index in [4.69, 9.17) is 5.84 Å². The predicted octanol–water partition coefficient (Wildman–Crippen LogP) is 3.29. The Morgan fingerprint density at radius 1 is 1.44 bits per heavy atom. The Labute approximate surface area is 115 Å². The molecule has 1 aromatic rings. The molecule has 18 heavy (non-hydrogen) atoms. The topological polar surface area (TPSA) is 50.9 Å². The second-order valence-corrected chi connectivity index (χ2v) is 7.59. The van der Waals surface area contributed by atoms with Gasteiger partial charge in [0.15, 0.2) is 0 Å². The maximum Gasteiger partial charge on any atom is 0.0897 e. The van der Waals surface area contributed by atoms with E-state index in [2.05, 4.69) is 43.5 Å². The van der Waals surface area contributed by atoms with E-state index in [1.165, 1.54) is 6.42 Å². The first-order valence-electron chi connectivity index (χ1n) is 6.67. The summed E-state index contributed by atoms with van der Waals surface area (Å²) in [5, 5.41) is 3.26. The SMILES string of the molecule is Cc1nc(CC(CC(C)CC(C)(C)C)NN)cs1. The molecule has 0 aliphatic carbocycles. The summed E-state index contributed by atoms with van der Waals surface area (Å²) in [7, 11) is 0. The minimum Gasteiger partial charge on any atom is -0.271 e. The molecule has 0 saturated carbocycles. The Balaban J connectivity index is 2.46. The molecule has 4 heteroatoms. The minimum atomic E-state index is 0.323. The van der Waals surface area contributed by atoms with Crippen LogP contribution in [0, 0.1) is 18.3 Å². The number of rotatable bonds is 6. The molecule has 3 nitrogen and oxygen atoms in total. The molecular weight excluding hydrogens is 242 g/mol. The number of hydrazine groups is 1. The molecule has 0 amide bonds. The van der Waals surface area contributed by atoms with Crippen molar-refractivity contribution in [1.29, 1.82) is 0 Å². The average molecular weight is 269 g/mol. The highest BCUT2D eigenvalue weighted by molar-refractivity contribution is 7.09. The zero-order valence-electron chi connectivity index (χ0n) is 12.3. The zero-order valence-corrected chi connectivity index (χ0v) is 13.1. The molecule has 0 fully saturated rings. The van der Waals surface area contributed by atoms with Gasteiger partial charge in [-0.05, 0) is 31.1 Å². The second-order valence-electron chi connectivity index (χ2n) is 6.53. The van der Waals surface area contributed by atoms with Crippen molar-refractivity contribution in [1.82, 2.24) is 10.4 Å². The second kappa shape index (κ2) is 6.64. The first-order valence-corrected chi connectivity index (χ1v) is 7.55. The van der Waals surface area contributed by atoms with E-state index in [0.29, 0.717) is 17.4 Å². The lowest BCUT2D eigenvalue weighted by Gasteiger charge is -2.26. The first-order chi connectivity index (χ1) is 8.30. The highest BCUT2D eigenvalue weighted by Crippen LogP contribution is 2.27. The van der Waals surface area contributed by atoms with Gasteiger partial charge >= 0.3 is 0 Å². The molecule has 0 spiro atoms. The van der Waals surface area contributed by atoms with E-state index in [-0.39, 0.29) is 0 Å². The van der Waals surface area contributed by atoms with Gasteiger partial charge in [0, 0.05) is 17.8 Å². The Morgan fingerprint density at radius 3 is 2.56 bits per heavy atom. The van der Waals surface area contributed by atoms with Crippen molar-refractivity contribution in [2.45, 2.75) is 59.9 Å². The van der Waals surface area contributed by atoms with E-state index < -0.39 is 0 Å². The summed E-state index contributed by atoms with van der Waals surface area (Å²) in [6.07, 6.45) is 3.25. The molecule has 0 aromatic carbocycles. The standard InChI is InChI=1S/C14H27N3S/c1-10(8-14(3,4)5)6-12(17-15)7-13-9-18-11(2)16-13/h9-10,12,17H,6-8,15H2,1-5H3. The van der Waals surface area contributed by atoms with Crippen LogP contribution >= 0.6 is 11.3 Å². The van der Waals surface area contributed by atoms with Crippen LogP contribution < -0.4 is 11.3 Å². The number of nitrogens with zero attached hydrogens (tertiary/aromatic N) is 1. The zero-order chi connectivity index (χ0) is 13.8. The summed E-state index contributed by atoms with van der Waals surface area (Å²) in [4.78, 5) is 4.50. The number of thiazole rings is 1. The van der Waals surface area contributed by atoms with Crippen LogP contribution in [-0.4, -0.2) is 11.0 Å². The van der Waals surface area contributed by atoms with Crippen molar-refractivity contribution >= 4 is 11.3 Å². The lowest BCUT2D eigenvalue weighted by atomic mass is 9.82. The molecule has 2 unspecified atom stereocenters. The molecule has 2 atom stereocenters. The van der Waals surface area contributed by atoms with Crippen LogP contribution in [0.15, 0.2) is 5.38 Å². The Bertz CT molecular complexity index is 354. The number of hydrogen-bond donors (Lipinski definition) is 2. The number of aryl methyl sites for hydroxylation is 1. The molecule has 0 radical (unpaired) electrons. The Hall–Kier alpha value is -0.450. The summed E-state index contributed by atoms with van der Waals surface area (Å²) in [5.41, 5.74) is 4.48. The monoisotopic (exact) mass is 269 g/mol. The van der Waals surface area contributed by atoms with Gasteiger partial charge in [-0.15, -0.1) is 11.3 Å². The Kier molecular flexibility index (Phi) is 5.76. The third-order valence-electron chi connectivity index (χ3n) is 3.01. The summed E-state index contributed by atoms with van der Waals surface area (Å²) in [5.74, 6) is 6.34. The summed E-state index contributed by atoms with van der Waals surface area (Å²) < 4.78 is 0. The largest absolute Gasteiger partial charge is 0.271 e. The molecule has 0 bridgehead atoms. The van der Waals surface area contributed by atoms with Crippen LogP contribution in [0.25, 0.3) is 0 Å². The van der Waals surface area contributed by atoms with Crippen molar-refractivity contribution < 1.29 is 0 Å². The van der Waals surface area contributed by atoms with Crippen LogP contribution in [0.5, 0.6) is 0 Å². The fourth-order valence-corrected chi connectivity index (χ4v) is 3.20. The van der Waals surface area contributed by atoms with Crippen LogP contribution in [0.1, 0.15) is 51.2 Å². The van der Waals surface area contributed by atoms with Crippen LogP contribution in [0.2, 0.25) is 0 Å². The fraction of sp³-hybridized carbons (Fsp3) is 0.786. The van der Waals surface area contributed by atoms with E-state index >= 15 is 0 Å². The lowest BCUT2D eigenvalue weighted by Crippen LogP contribution is -2.38. The van der Waals surface area contributed by atoms with Gasteiger partial charge in [-0.1, -0.05) is 27.7 Å². The van der Waals surface area contributed by atoms with Crippen molar-refractivity contribution in [2.24, 2.45) is 17.2 Å². The van der Waals surface area contributed by atoms with Gasteiger partial charge < -0.3 is 0 Å². The highest BCUT2D eigenvalue weighted by Gasteiger charge is 2.19. The molecule has 104 valence electrons. The number of nitrogens with two attached hydrogens (primary N) is 1. The van der Waals surface area contributed by atoms with E-state index in [0.717, 1.165) is 23.5 Å². The number of nitrogens with one attached hydrogen (secondary N) is 1. The van der Waals surface area contributed by atoms with E-state index in [1.54, 1.807) is 11.3 Å². The molecular formula is C14H27N3S. The van der Waals surface area contributed by atoms with Gasteiger partial charge in [0.2, 0.25) is 0 Å². The molecule has 0 saturated heterocycles. The Morgan fingerprint density at radius 2 is 2.11 bits per heavy atom. The predicted molar refractivity (Wildman–Crippen MR) is 79.5 cm³/mol. The van der Waals surface area contributed by atoms with Crippen molar-refractivity contribution in [3.05, 3.63) is 16.1 Å². The van der Waals surface area contributed by atoms with Crippen LogP contribution in [-0.2, 0) is 6.42 Å². The van der Waals surface area contributed by atoms with Gasteiger partial charge in [0.1, 0.15) is 0 Å². The average Bonchev–Trinajstić information content (AvgIpc) is 2.60. The molecule has 3 N–H and O–H groups in total. The summed E-state index contributed by atoms with van der Waals surface area (Å²) in [6.45, 7) is 11.2. The molecule has 0 aliphatic heterocycles. The normalized spacial score (nSPS) is 15.7. The summed E-state index contributed by atoms with van der Waals surface area (Å²) in [6, 6.07) is 0.323. The van der Waals surface area contributed by atoms with Gasteiger partial charge in [-0.3, -0.25) is 11.3 Å². The molecule has 1 rings (SSSR count). The quantitative estimate of drug-likeness (QED) is 0.615. The third-order valence-corrected chi connectivity index (χ3v) is 3.83. The van der Waals surface area contributed by atoms with Gasteiger partial charge in [-0.2, -0.15) is 0 Å². The van der Waals surface area contributed by atoms with Crippen molar-refractivity contribution in [3.63, 3.8) is 0 Å². The highest BCUT2D eigenvalue weighted by atomic mass is 32.1. The lowest BCUT2D eigenvalue weighted by molar-refractivity contribution is 0.274. The van der Waals surface area contributed by atoms with E-state index in [1.807, 2.05) is 6.92 Å². The number of hydrogen-bond acceptors (Lipinski definition) is 4. The minimum absolute atomic E-state index is 0.323. The van der Waals surface area contributed by atoms with Crippen molar-refractivity contribution in [2.75, 3.05) is 0 Å². The van der Waals surface area contributed by atoms with Crippen LogP contribution in [0.4, 0.5) is 0 Å². The van der Waals surface area contributed by atoms with Gasteiger partial charge in [0.25, 0.3) is 0 Å². The molecule has 1 heterocycles. The fourth-order valence-electron chi connectivity index (χ4n) is 2.58. The number of aromatic nitrogens is 1. The maximum atomic E-state index is 5.67. The van der Waals surface area contributed by atoms with E-state index in [9.17, 15) is 0 Å². The van der Waals surface area contributed by atoms with Gasteiger partial charge in [-0.25, -0.2) is 4.98 Å². The van der Waals surface area contributed by atoms with Crippen molar-refractivity contribution in [3.8, 4) is 0 Å². The van der Waals surface area contributed by atoms with Gasteiger partial charge in [0.05, 0.1) is 10.7 Å². The maximum absolute atomic E-state index is 5.67. The smallest absolute Gasteiger partial charge is 0.0897 e. The first kappa shape index (κ1) is 15.6. The molecule has 0 aliphatic rings. The summed E-state index contributed by atoms with van der Waals surface area (Å²) >= 11 is 1.71.